The Balaban J connectivity index is 1.28. The van der Waals surface area contributed by atoms with E-state index in [4.69, 9.17) is 9.72 Å². The molecular weight excluding hydrogens is 448 g/mol. The Hall–Kier alpha value is -2.68. The van der Waals surface area contributed by atoms with E-state index in [0.717, 1.165) is 57.8 Å². The SMILES string of the molecule is O=C(CSc1nc2ccccc2c(=O)n1CCC[NH+]1CCOCC1)Nc1ccc2c(c1)CCC2. The van der Waals surface area contributed by atoms with Crippen LogP contribution in [0.1, 0.15) is 24.0 Å². The van der Waals surface area contributed by atoms with Gasteiger partial charge in [-0.25, -0.2) is 4.98 Å². The molecule has 0 bridgehead atoms. The number of thioether (sulfide) groups is 1. The first-order chi connectivity index (χ1) is 16.7. The van der Waals surface area contributed by atoms with Gasteiger partial charge in [0.25, 0.3) is 5.56 Å². The van der Waals surface area contributed by atoms with Crippen LogP contribution in [0, 0.1) is 0 Å². The highest BCUT2D eigenvalue weighted by molar-refractivity contribution is 7.99. The number of ether oxygens (including phenoxy) is 1. The number of aryl methyl sites for hydroxylation is 2. The van der Waals surface area contributed by atoms with E-state index in [1.165, 1.54) is 34.2 Å². The number of benzene rings is 2. The van der Waals surface area contributed by atoms with E-state index in [1.807, 2.05) is 30.3 Å². The van der Waals surface area contributed by atoms with Gasteiger partial charge in [-0.1, -0.05) is 30.0 Å². The van der Waals surface area contributed by atoms with Gasteiger partial charge in [0.1, 0.15) is 13.1 Å². The molecule has 1 aromatic heterocycles. The Morgan fingerprint density at radius 1 is 1.12 bits per heavy atom. The number of para-hydroxylation sites is 1. The number of morpholine rings is 1. The summed E-state index contributed by atoms with van der Waals surface area (Å²) in [4.78, 5) is 32.2. The van der Waals surface area contributed by atoms with Gasteiger partial charge in [0.2, 0.25) is 5.91 Å². The molecule has 0 atom stereocenters. The smallest absolute Gasteiger partial charge is 0.262 e. The maximum atomic E-state index is 13.3. The summed E-state index contributed by atoms with van der Waals surface area (Å²) in [7, 11) is 0. The van der Waals surface area contributed by atoms with Gasteiger partial charge < -0.3 is 15.0 Å². The Kier molecular flexibility index (Phi) is 7.27. The lowest BCUT2D eigenvalue weighted by atomic mass is 10.1. The van der Waals surface area contributed by atoms with Crippen LogP contribution in [0.2, 0.25) is 0 Å². The third-order valence-corrected chi connectivity index (χ3v) is 7.63. The van der Waals surface area contributed by atoms with Crippen molar-refractivity contribution in [3.63, 3.8) is 0 Å². The van der Waals surface area contributed by atoms with Crippen molar-refractivity contribution < 1.29 is 14.4 Å². The van der Waals surface area contributed by atoms with E-state index < -0.39 is 0 Å². The lowest BCUT2D eigenvalue weighted by molar-refractivity contribution is -0.908. The molecule has 1 amide bonds. The Labute approximate surface area is 203 Å². The molecule has 0 radical (unpaired) electrons. The van der Waals surface area contributed by atoms with Crippen LogP contribution in [-0.2, 0) is 28.9 Å². The normalized spacial score (nSPS) is 16.0. The molecular formula is C26H31N4O3S+. The van der Waals surface area contributed by atoms with Gasteiger partial charge in [-0.05, 0) is 54.7 Å². The van der Waals surface area contributed by atoms with E-state index in [9.17, 15) is 9.59 Å². The largest absolute Gasteiger partial charge is 0.370 e. The lowest BCUT2D eigenvalue weighted by Gasteiger charge is -2.24. The van der Waals surface area contributed by atoms with Gasteiger partial charge in [0.15, 0.2) is 5.16 Å². The number of anilines is 1. The maximum absolute atomic E-state index is 13.3. The van der Waals surface area contributed by atoms with Gasteiger partial charge in [0, 0.05) is 18.7 Å². The average Bonchev–Trinajstić information content (AvgIpc) is 3.33. The van der Waals surface area contributed by atoms with Gasteiger partial charge in [0.05, 0.1) is 36.4 Å². The molecule has 0 unspecified atom stereocenters. The van der Waals surface area contributed by atoms with Crippen molar-refractivity contribution in [2.24, 2.45) is 0 Å². The number of aromatic nitrogens is 2. The van der Waals surface area contributed by atoms with Crippen LogP contribution in [0.3, 0.4) is 0 Å². The van der Waals surface area contributed by atoms with E-state index in [-0.39, 0.29) is 17.2 Å². The van der Waals surface area contributed by atoms with Crippen molar-refractivity contribution in [2.45, 2.75) is 37.4 Å². The predicted molar refractivity (Wildman–Crippen MR) is 135 cm³/mol. The molecule has 1 aliphatic heterocycles. The monoisotopic (exact) mass is 479 g/mol. The summed E-state index contributed by atoms with van der Waals surface area (Å²) in [5.74, 6) is 0.117. The number of hydrogen-bond donors (Lipinski definition) is 2. The van der Waals surface area contributed by atoms with Crippen LogP contribution in [0.25, 0.3) is 10.9 Å². The number of amides is 1. The molecule has 3 aromatic rings. The zero-order valence-electron chi connectivity index (χ0n) is 19.3. The summed E-state index contributed by atoms with van der Waals surface area (Å²) in [6, 6.07) is 13.6. The number of fused-ring (bicyclic) bond motifs is 2. The third-order valence-electron chi connectivity index (χ3n) is 6.65. The van der Waals surface area contributed by atoms with Crippen molar-refractivity contribution >= 4 is 34.3 Å². The number of carbonyl (C=O) groups excluding carboxylic acids is 1. The molecule has 2 aliphatic rings. The summed E-state index contributed by atoms with van der Waals surface area (Å²) in [5.41, 5.74) is 4.19. The first-order valence-corrected chi connectivity index (χ1v) is 13.1. The van der Waals surface area contributed by atoms with Crippen LogP contribution in [0.4, 0.5) is 5.69 Å². The fourth-order valence-electron chi connectivity index (χ4n) is 4.83. The Bertz CT molecular complexity index is 1240. The molecule has 178 valence electrons. The molecule has 2 heterocycles. The van der Waals surface area contributed by atoms with E-state index >= 15 is 0 Å². The van der Waals surface area contributed by atoms with Gasteiger partial charge >= 0.3 is 0 Å². The molecule has 2 aromatic carbocycles. The second kappa shape index (κ2) is 10.7. The Morgan fingerprint density at radius 2 is 1.94 bits per heavy atom. The molecule has 7 nitrogen and oxygen atoms in total. The van der Waals surface area contributed by atoms with Gasteiger partial charge in [-0.2, -0.15) is 0 Å². The Morgan fingerprint density at radius 3 is 2.82 bits per heavy atom. The fraction of sp³-hybridized carbons (Fsp3) is 0.423. The summed E-state index contributed by atoms with van der Waals surface area (Å²) in [6.45, 7) is 5.20. The standard InChI is InChI=1S/C26H30N4O3S/c31-24(27-21-10-9-19-5-3-6-20(19)17-21)18-34-26-28-23-8-2-1-7-22(23)25(32)30(26)12-4-11-29-13-15-33-16-14-29/h1-2,7-10,17H,3-6,11-16,18H2,(H,27,31)/p+1. The number of nitrogens with zero attached hydrogens (tertiary/aromatic N) is 2. The molecule has 5 rings (SSSR count). The second-order valence-electron chi connectivity index (χ2n) is 9.01. The van der Waals surface area contributed by atoms with Crippen molar-refractivity contribution in [3.8, 4) is 0 Å². The highest BCUT2D eigenvalue weighted by Crippen LogP contribution is 2.25. The lowest BCUT2D eigenvalue weighted by Crippen LogP contribution is -3.14. The van der Waals surface area contributed by atoms with Crippen molar-refractivity contribution in [1.29, 1.82) is 0 Å². The summed E-state index contributed by atoms with van der Waals surface area (Å²) >= 11 is 1.33. The summed E-state index contributed by atoms with van der Waals surface area (Å²) in [5, 5.41) is 4.23. The van der Waals surface area contributed by atoms with Crippen LogP contribution >= 0.6 is 11.8 Å². The molecule has 8 heteroatoms. The maximum Gasteiger partial charge on any atom is 0.262 e. The quantitative estimate of drug-likeness (QED) is 0.381. The van der Waals surface area contributed by atoms with Crippen molar-refractivity contribution in [3.05, 3.63) is 63.9 Å². The number of hydrogen-bond acceptors (Lipinski definition) is 5. The number of carbonyl (C=O) groups is 1. The van der Waals surface area contributed by atoms with Crippen LogP contribution in [0.5, 0.6) is 0 Å². The number of rotatable bonds is 8. The van der Waals surface area contributed by atoms with E-state index in [1.54, 1.807) is 4.57 Å². The first-order valence-electron chi connectivity index (χ1n) is 12.1. The fourth-order valence-corrected chi connectivity index (χ4v) is 5.65. The minimum absolute atomic E-state index is 0.0379. The van der Waals surface area contributed by atoms with Gasteiger partial charge in [-0.15, -0.1) is 0 Å². The summed E-state index contributed by atoms with van der Waals surface area (Å²) in [6.07, 6.45) is 4.26. The van der Waals surface area contributed by atoms with Crippen LogP contribution in [0.15, 0.2) is 52.4 Å². The molecule has 1 aliphatic carbocycles. The second-order valence-corrected chi connectivity index (χ2v) is 9.95. The molecule has 2 N–H and O–H groups in total. The molecule has 0 saturated carbocycles. The molecule has 0 spiro atoms. The zero-order chi connectivity index (χ0) is 23.3. The van der Waals surface area contributed by atoms with Crippen LogP contribution in [-0.4, -0.2) is 54.1 Å². The third kappa shape index (κ3) is 5.35. The minimum Gasteiger partial charge on any atom is -0.370 e. The minimum atomic E-state index is -0.0883. The summed E-state index contributed by atoms with van der Waals surface area (Å²) < 4.78 is 7.19. The van der Waals surface area contributed by atoms with E-state index in [0.29, 0.717) is 22.6 Å². The highest BCUT2D eigenvalue weighted by atomic mass is 32.2. The number of quaternary nitrogens is 1. The van der Waals surface area contributed by atoms with Crippen molar-refractivity contribution in [1.82, 2.24) is 9.55 Å². The molecule has 1 saturated heterocycles. The van der Waals surface area contributed by atoms with Crippen molar-refractivity contribution in [2.75, 3.05) is 43.9 Å². The van der Waals surface area contributed by atoms with E-state index in [2.05, 4.69) is 17.4 Å². The molecule has 34 heavy (non-hydrogen) atoms. The average molecular weight is 480 g/mol. The topological polar surface area (TPSA) is 77.7 Å². The predicted octanol–water partition coefficient (Wildman–Crippen LogP) is 1.92. The highest BCUT2D eigenvalue weighted by Gasteiger charge is 2.17. The zero-order valence-corrected chi connectivity index (χ0v) is 20.2. The number of nitrogens with one attached hydrogen (secondary N) is 2. The first kappa shape index (κ1) is 23.1. The van der Waals surface area contributed by atoms with Gasteiger partial charge in [-0.3, -0.25) is 14.2 Å². The molecule has 1 fully saturated rings. The van der Waals surface area contributed by atoms with Crippen LogP contribution < -0.4 is 15.8 Å².